The number of benzene rings is 1. The van der Waals surface area contributed by atoms with Crippen molar-refractivity contribution in [3.05, 3.63) is 41.6 Å². The van der Waals surface area contributed by atoms with E-state index < -0.39 is 0 Å². The molecule has 0 N–H and O–H groups in total. The standard InChI is InChI=1S/C19H24FN5O/c1-4-25-14-8-5-7-13(20)17(14)21-16(25)11-24-10-6-9-15(24)18-22-19(12(2)3)26-23-18/h5,7-8,12,15H,4,6,9-11H2,1-3H3. The normalized spacial score (nSPS) is 18.4. The lowest BCUT2D eigenvalue weighted by Gasteiger charge is -2.21. The van der Waals surface area contributed by atoms with Crippen LogP contribution < -0.4 is 0 Å². The van der Waals surface area contributed by atoms with Gasteiger partial charge in [0.1, 0.15) is 11.3 Å². The van der Waals surface area contributed by atoms with Crippen molar-refractivity contribution < 1.29 is 8.91 Å². The van der Waals surface area contributed by atoms with Gasteiger partial charge in [-0.3, -0.25) is 4.90 Å². The van der Waals surface area contributed by atoms with Crippen LogP contribution >= 0.6 is 0 Å². The smallest absolute Gasteiger partial charge is 0.229 e. The first-order valence-corrected chi connectivity index (χ1v) is 9.29. The third-order valence-corrected chi connectivity index (χ3v) is 5.08. The topological polar surface area (TPSA) is 60.0 Å². The summed E-state index contributed by atoms with van der Waals surface area (Å²) >= 11 is 0. The molecule has 3 aromatic rings. The highest BCUT2D eigenvalue weighted by atomic mass is 19.1. The average molecular weight is 357 g/mol. The second-order valence-corrected chi connectivity index (χ2v) is 7.15. The van der Waals surface area contributed by atoms with Gasteiger partial charge in [-0.15, -0.1) is 0 Å². The van der Waals surface area contributed by atoms with E-state index in [2.05, 4.69) is 31.5 Å². The van der Waals surface area contributed by atoms with Crippen LogP contribution in [0.15, 0.2) is 22.7 Å². The third-order valence-electron chi connectivity index (χ3n) is 5.08. The number of halogens is 1. The van der Waals surface area contributed by atoms with E-state index in [1.165, 1.54) is 6.07 Å². The van der Waals surface area contributed by atoms with Crippen LogP contribution in [0.2, 0.25) is 0 Å². The molecule has 1 unspecified atom stereocenters. The lowest BCUT2D eigenvalue weighted by atomic mass is 10.2. The molecule has 1 aliphatic heterocycles. The maximum Gasteiger partial charge on any atom is 0.229 e. The third kappa shape index (κ3) is 2.90. The summed E-state index contributed by atoms with van der Waals surface area (Å²) in [6, 6.07) is 5.25. The van der Waals surface area contributed by atoms with E-state index in [-0.39, 0.29) is 17.8 Å². The quantitative estimate of drug-likeness (QED) is 0.690. The van der Waals surface area contributed by atoms with E-state index in [9.17, 15) is 4.39 Å². The molecule has 7 heteroatoms. The Bertz CT molecular complexity index is 916. The van der Waals surface area contributed by atoms with Gasteiger partial charge in [0, 0.05) is 12.5 Å². The average Bonchev–Trinajstić information content (AvgIpc) is 3.32. The summed E-state index contributed by atoms with van der Waals surface area (Å²) < 4.78 is 21.6. The van der Waals surface area contributed by atoms with Crippen LogP contribution in [0.4, 0.5) is 4.39 Å². The van der Waals surface area contributed by atoms with E-state index in [0.29, 0.717) is 18.0 Å². The number of hydrogen-bond acceptors (Lipinski definition) is 5. The Morgan fingerprint density at radius 2 is 2.15 bits per heavy atom. The fourth-order valence-electron chi connectivity index (χ4n) is 3.74. The number of fused-ring (bicyclic) bond motifs is 1. The molecule has 0 aliphatic carbocycles. The van der Waals surface area contributed by atoms with Crippen LogP contribution in [-0.2, 0) is 13.1 Å². The molecule has 0 bridgehead atoms. The van der Waals surface area contributed by atoms with Gasteiger partial charge >= 0.3 is 0 Å². The molecule has 1 atom stereocenters. The minimum Gasteiger partial charge on any atom is -0.339 e. The molecule has 1 aromatic carbocycles. The summed E-state index contributed by atoms with van der Waals surface area (Å²) in [5.41, 5.74) is 1.29. The van der Waals surface area contributed by atoms with Gasteiger partial charge in [0.15, 0.2) is 11.6 Å². The number of imidazole rings is 1. The maximum absolute atomic E-state index is 14.1. The van der Waals surface area contributed by atoms with Crippen molar-refractivity contribution in [2.75, 3.05) is 6.54 Å². The van der Waals surface area contributed by atoms with E-state index in [1.807, 2.05) is 19.9 Å². The van der Waals surface area contributed by atoms with E-state index in [4.69, 9.17) is 4.52 Å². The van der Waals surface area contributed by atoms with Crippen LogP contribution in [0.5, 0.6) is 0 Å². The predicted octanol–water partition coefficient (Wildman–Crippen LogP) is 4.04. The maximum atomic E-state index is 14.1. The van der Waals surface area contributed by atoms with Crippen molar-refractivity contribution in [1.82, 2.24) is 24.6 Å². The van der Waals surface area contributed by atoms with Crippen LogP contribution in [0, 0.1) is 5.82 Å². The highest BCUT2D eigenvalue weighted by molar-refractivity contribution is 5.76. The molecule has 1 fully saturated rings. The first-order chi connectivity index (χ1) is 12.6. The fraction of sp³-hybridized carbons (Fsp3) is 0.526. The highest BCUT2D eigenvalue weighted by Gasteiger charge is 2.31. The van der Waals surface area contributed by atoms with E-state index in [0.717, 1.165) is 43.1 Å². The molecule has 3 heterocycles. The van der Waals surface area contributed by atoms with E-state index >= 15 is 0 Å². The minimum absolute atomic E-state index is 0.126. The summed E-state index contributed by atoms with van der Waals surface area (Å²) in [4.78, 5) is 11.5. The largest absolute Gasteiger partial charge is 0.339 e. The van der Waals surface area contributed by atoms with Gasteiger partial charge in [0.25, 0.3) is 0 Å². The molecule has 26 heavy (non-hydrogen) atoms. The van der Waals surface area contributed by atoms with Gasteiger partial charge in [-0.25, -0.2) is 9.37 Å². The monoisotopic (exact) mass is 357 g/mol. The van der Waals surface area contributed by atoms with E-state index in [1.54, 1.807) is 6.07 Å². The SMILES string of the molecule is CCn1c(CN2CCCC2c2noc(C(C)C)n2)nc2c(F)cccc21. The van der Waals surface area contributed by atoms with Crippen LogP contribution in [0.3, 0.4) is 0 Å². The number of para-hydroxylation sites is 1. The van der Waals surface area contributed by atoms with Crippen molar-refractivity contribution in [1.29, 1.82) is 0 Å². The molecular formula is C19H24FN5O. The Labute approximate surface area is 152 Å². The van der Waals surface area contributed by atoms with Gasteiger partial charge in [0.05, 0.1) is 18.1 Å². The van der Waals surface area contributed by atoms with Crippen molar-refractivity contribution in [3.63, 3.8) is 0 Å². The molecule has 1 saturated heterocycles. The molecule has 0 amide bonds. The second-order valence-electron chi connectivity index (χ2n) is 7.15. The molecule has 4 rings (SSSR count). The Balaban J connectivity index is 1.63. The van der Waals surface area contributed by atoms with Crippen molar-refractivity contribution >= 4 is 11.0 Å². The van der Waals surface area contributed by atoms with Crippen LogP contribution in [0.1, 0.15) is 63.1 Å². The molecule has 1 aliphatic rings. The lowest BCUT2D eigenvalue weighted by molar-refractivity contribution is 0.226. The summed E-state index contributed by atoms with van der Waals surface area (Å²) in [5.74, 6) is 2.25. The first kappa shape index (κ1) is 17.1. The summed E-state index contributed by atoms with van der Waals surface area (Å²) in [6.45, 7) is 8.51. The molecular weight excluding hydrogens is 333 g/mol. The second kappa shape index (κ2) is 6.79. The summed E-state index contributed by atoms with van der Waals surface area (Å²) in [5, 5.41) is 4.20. The molecule has 0 saturated carbocycles. The van der Waals surface area contributed by atoms with Crippen molar-refractivity contribution in [2.45, 2.75) is 58.7 Å². The number of likely N-dealkylation sites (tertiary alicyclic amines) is 1. The lowest BCUT2D eigenvalue weighted by Crippen LogP contribution is -2.25. The van der Waals surface area contributed by atoms with Crippen molar-refractivity contribution in [2.24, 2.45) is 0 Å². The van der Waals surface area contributed by atoms with Gasteiger partial charge < -0.3 is 9.09 Å². The summed E-state index contributed by atoms with van der Waals surface area (Å²) in [7, 11) is 0. The molecule has 0 spiro atoms. The van der Waals surface area contributed by atoms with Crippen LogP contribution in [0.25, 0.3) is 11.0 Å². The highest BCUT2D eigenvalue weighted by Crippen LogP contribution is 2.32. The van der Waals surface area contributed by atoms with Gasteiger partial charge in [-0.05, 0) is 38.4 Å². The zero-order valence-corrected chi connectivity index (χ0v) is 15.4. The van der Waals surface area contributed by atoms with Gasteiger partial charge in [0.2, 0.25) is 5.89 Å². The molecule has 2 aromatic heterocycles. The predicted molar refractivity (Wildman–Crippen MR) is 96.1 cm³/mol. The minimum atomic E-state index is -0.270. The number of rotatable bonds is 5. The summed E-state index contributed by atoms with van der Waals surface area (Å²) in [6.07, 6.45) is 2.08. The Morgan fingerprint density at radius 1 is 1.31 bits per heavy atom. The zero-order valence-electron chi connectivity index (χ0n) is 15.4. The van der Waals surface area contributed by atoms with Gasteiger partial charge in [-0.1, -0.05) is 25.1 Å². The van der Waals surface area contributed by atoms with Crippen molar-refractivity contribution in [3.8, 4) is 0 Å². The number of aryl methyl sites for hydroxylation is 1. The molecule has 138 valence electrons. The molecule has 6 nitrogen and oxygen atoms in total. The Kier molecular flexibility index (Phi) is 4.48. The Morgan fingerprint density at radius 3 is 2.88 bits per heavy atom. The first-order valence-electron chi connectivity index (χ1n) is 9.29. The number of nitrogens with zero attached hydrogens (tertiary/aromatic N) is 5. The Hall–Kier alpha value is -2.28. The fourth-order valence-corrected chi connectivity index (χ4v) is 3.74. The number of aromatic nitrogens is 4. The van der Waals surface area contributed by atoms with Gasteiger partial charge in [-0.2, -0.15) is 4.98 Å². The number of hydrogen-bond donors (Lipinski definition) is 0. The van der Waals surface area contributed by atoms with Crippen LogP contribution in [-0.4, -0.2) is 31.1 Å². The zero-order chi connectivity index (χ0) is 18.3. The molecule has 0 radical (unpaired) electrons.